The number of carbonyl (C=O) groups excluding carboxylic acids is 2. The second kappa shape index (κ2) is 4.93. The van der Waals surface area contributed by atoms with E-state index in [0.29, 0.717) is 4.88 Å². The molecule has 1 N–H and O–H groups in total. The number of ether oxygens (including phenoxy) is 1. The lowest BCUT2D eigenvalue weighted by Crippen LogP contribution is -2.39. The van der Waals surface area contributed by atoms with Crippen LogP contribution in [0.15, 0.2) is 11.4 Å². The predicted molar refractivity (Wildman–Crippen MR) is 58.0 cm³/mol. The minimum absolute atomic E-state index is 0.236. The highest BCUT2D eigenvalue weighted by atomic mass is 32.1. The van der Waals surface area contributed by atoms with Crippen molar-refractivity contribution in [3.05, 3.63) is 21.9 Å². The van der Waals surface area contributed by atoms with Gasteiger partial charge in [-0.2, -0.15) is 0 Å². The molecule has 1 heterocycles. The topological polar surface area (TPSA) is 55.4 Å². The van der Waals surface area contributed by atoms with Gasteiger partial charge in [0.1, 0.15) is 6.04 Å². The van der Waals surface area contributed by atoms with Crippen LogP contribution in [0.4, 0.5) is 0 Å². The molecule has 1 aromatic rings. The molecule has 0 unspecified atom stereocenters. The molecule has 0 bridgehead atoms. The first-order chi connectivity index (χ1) is 7.06. The summed E-state index contributed by atoms with van der Waals surface area (Å²) in [6.07, 6.45) is 0. The van der Waals surface area contributed by atoms with Crippen LogP contribution in [0.1, 0.15) is 22.2 Å². The number of nitrogens with one attached hydrogen (secondary N) is 1. The molecule has 0 aliphatic carbocycles. The van der Waals surface area contributed by atoms with Crippen LogP contribution in [0.2, 0.25) is 0 Å². The maximum atomic E-state index is 11.6. The van der Waals surface area contributed by atoms with E-state index in [9.17, 15) is 9.59 Å². The van der Waals surface area contributed by atoms with Crippen molar-refractivity contribution in [3.8, 4) is 0 Å². The van der Waals surface area contributed by atoms with Crippen LogP contribution >= 0.6 is 11.3 Å². The summed E-state index contributed by atoms with van der Waals surface area (Å²) in [5.74, 6) is -0.682. The molecule has 0 aliphatic heterocycles. The number of carbonyl (C=O) groups is 2. The van der Waals surface area contributed by atoms with Gasteiger partial charge in [-0.05, 0) is 30.9 Å². The van der Waals surface area contributed by atoms with Crippen LogP contribution in [-0.4, -0.2) is 25.0 Å². The molecule has 1 rings (SSSR count). The standard InChI is InChI=1S/C10H13NO3S/c1-6-4-5-15-8(6)9(12)11-7(2)10(13)14-3/h4-5,7H,1-3H3,(H,11,12)/t7-/m0/s1. The molecule has 1 amide bonds. The van der Waals surface area contributed by atoms with Crippen LogP contribution in [0.3, 0.4) is 0 Å². The number of rotatable bonds is 3. The molecule has 0 saturated heterocycles. The molecule has 0 aliphatic rings. The number of aryl methyl sites for hydroxylation is 1. The smallest absolute Gasteiger partial charge is 0.328 e. The van der Waals surface area contributed by atoms with Gasteiger partial charge in [-0.1, -0.05) is 0 Å². The third-order valence-corrected chi connectivity index (χ3v) is 2.99. The maximum absolute atomic E-state index is 11.6. The molecule has 1 atom stereocenters. The quantitative estimate of drug-likeness (QED) is 0.793. The van der Waals surface area contributed by atoms with Crippen molar-refractivity contribution in [2.45, 2.75) is 19.9 Å². The number of methoxy groups -OCH3 is 1. The Morgan fingerprint density at radius 2 is 2.20 bits per heavy atom. The van der Waals surface area contributed by atoms with Gasteiger partial charge in [-0.3, -0.25) is 4.79 Å². The van der Waals surface area contributed by atoms with Gasteiger partial charge >= 0.3 is 5.97 Å². The lowest BCUT2D eigenvalue weighted by molar-refractivity contribution is -0.142. The summed E-state index contributed by atoms with van der Waals surface area (Å²) in [4.78, 5) is 23.3. The van der Waals surface area contributed by atoms with Crippen molar-refractivity contribution >= 4 is 23.2 Å². The van der Waals surface area contributed by atoms with E-state index in [4.69, 9.17) is 0 Å². The third-order valence-electron chi connectivity index (χ3n) is 1.97. The summed E-state index contributed by atoms with van der Waals surface area (Å²) >= 11 is 1.35. The number of hydrogen-bond donors (Lipinski definition) is 1. The Hall–Kier alpha value is -1.36. The lowest BCUT2D eigenvalue weighted by atomic mass is 10.2. The average molecular weight is 227 g/mol. The molecular formula is C10H13NO3S. The normalized spacial score (nSPS) is 11.9. The van der Waals surface area contributed by atoms with Crippen LogP contribution in [0, 0.1) is 6.92 Å². The summed E-state index contributed by atoms with van der Waals surface area (Å²) in [6.45, 7) is 3.45. The van der Waals surface area contributed by atoms with Crippen molar-refractivity contribution in [2.24, 2.45) is 0 Å². The predicted octanol–water partition coefficient (Wildman–Crippen LogP) is 1.35. The Balaban J connectivity index is 2.64. The van der Waals surface area contributed by atoms with Gasteiger partial charge in [-0.15, -0.1) is 11.3 Å². The number of thiophene rings is 1. The van der Waals surface area contributed by atoms with Gasteiger partial charge < -0.3 is 10.1 Å². The summed E-state index contributed by atoms with van der Waals surface area (Å²) < 4.78 is 4.51. The molecule has 0 aromatic carbocycles. The number of amides is 1. The Morgan fingerprint density at radius 1 is 1.53 bits per heavy atom. The Morgan fingerprint density at radius 3 is 2.67 bits per heavy atom. The Kier molecular flexibility index (Phi) is 3.85. The lowest BCUT2D eigenvalue weighted by Gasteiger charge is -2.10. The van der Waals surface area contributed by atoms with E-state index in [-0.39, 0.29) is 5.91 Å². The zero-order chi connectivity index (χ0) is 11.4. The first-order valence-electron chi connectivity index (χ1n) is 4.49. The molecule has 5 heteroatoms. The van der Waals surface area contributed by atoms with Gasteiger partial charge in [0.05, 0.1) is 12.0 Å². The van der Waals surface area contributed by atoms with Gasteiger partial charge in [0, 0.05) is 0 Å². The minimum atomic E-state index is -0.621. The third kappa shape index (κ3) is 2.79. The second-order valence-corrected chi connectivity index (χ2v) is 4.07. The molecule has 1 aromatic heterocycles. The van der Waals surface area contributed by atoms with E-state index < -0.39 is 12.0 Å². The molecule has 15 heavy (non-hydrogen) atoms. The van der Waals surface area contributed by atoms with Crippen molar-refractivity contribution in [3.63, 3.8) is 0 Å². The first-order valence-corrected chi connectivity index (χ1v) is 5.37. The Bertz CT molecular complexity index is 372. The van der Waals surface area contributed by atoms with E-state index in [2.05, 4.69) is 10.1 Å². The van der Waals surface area contributed by atoms with E-state index in [1.807, 2.05) is 18.4 Å². The highest BCUT2D eigenvalue weighted by Gasteiger charge is 2.18. The fourth-order valence-electron chi connectivity index (χ4n) is 1.10. The molecule has 4 nitrogen and oxygen atoms in total. The van der Waals surface area contributed by atoms with Crippen LogP contribution in [0.5, 0.6) is 0 Å². The van der Waals surface area contributed by atoms with Crippen molar-refractivity contribution in [1.82, 2.24) is 5.32 Å². The monoisotopic (exact) mass is 227 g/mol. The zero-order valence-electron chi connectivity index (χ0n) is 8.87. The summed E-state index contributed by atoms with van der Waals surface area (Å²) in [5, 5.41) is 4.41. The summed E-state index contributed by atoms with van der Waals surface area (Å²) in [6, 6.07) is 1.24. The molecule has 0 radical (unpaired) electrons. The maximum Gasteiger partial charge on any atom is 0.328 e. The minimum Gasteiger partial charge on any atom is -0.467 e. The van der Waals surface area contributed by atoms with E-state index in [1.165, 1.54) is 18.4 Å². The van der Waals surface area contributed by atoms with Gasteiger partial charge in [-0.25, -0.2) is 4.79 Å². The largest absolute Gasteiger partial charge is 0.467 e. The van der Waals surface area contributed by atoms with E-state index >= 15 is 0 Å². The van der Waals surface area contributed by atoms with E-state index in [1.54, 1.807) is 6.92 Å². The van der Waals surface area contributed by atoms with Gasteiger partial charge in [0.25, 0.3) is 5.91 Å². The highest BCUT2D eigenvalue weighted by Crippen LogP contribution is 2.15. The zero-order valence-corrected chi connectivity index (χ0v) is 9.68. The number of esters is 1. The summed E-state index contributed by atoms with van der Waals surface area (Å²) in [5.41, 5.74) is 0.912. The van der Waals surface area contributed by atoms with Crippen LogP contribution in [-0.2, 0) is 9.53 Å². The molecule has 0 fully saturated rings. The fourth-order valence-corrected chi connectivity index (χ4v) is 1.93. The fraction of sp³-hybridized carbons (Fsp3) is 0.400. The second-order valence-electron chi connectivity index (χ2n) is 3.15. The van der Waals surface area contributed by atoms with Crippen molar-refractivity contribution in [2.75, 3.05) is 7.11 Å². The summed E-state index contributed by atoms with van der Waals surface area (Å²) in [7, 11) is 1.29. The van der Waals surface area contributed by atoms with Crippen molar-refractivity contribution < 1.29 is 14.3 Å². The van der Waals surface area contributed by atoms with E-state index in [0.717, 1.165) is 5.56 Å². The molecular weight excluding hydrogens is 214 g/mol. The first kappa shape index (κ1) is 11.7. The Labute approximate surface area is 92.2 Å². The SMILES string of the molecule is COC(=O)[C@H](C)NC(=O)c1sccc1C. The van der Waals surface area contributed by atoms with Crippen LogP contribution < -0.4 is 5.32 Å². The van der Waals surface area contributed by atoms with Gasteiger partial charge in [0.15, 0.2) is 0 Å². The average Bonchev–Trinajstić information content (AvgIpc) is 2.63. The number of hydrogen-bond acceptors (Lipinski definition) is 4. The van der Waals surface area contributed by atoms with Gasteiger partial charge in [0.2, 0.25) is 0 Å². The molecule has 0 spiro atoms. The molecule has 82 valence electrons. The molecule has 0 saturated carbocycles. The highest BCUT2D eigenvalue weighted by molar-refractivity contribution is 7.12. The van der Waals surface area contributed by atoms with Crippen LogP contribution in [0.25, 0.3) is 0 Å². The van der Waals surface area contributed by atoms with Crippen molar-refractivity contribution in [1.29, 1.82) is 0 Å².